The smallest absolute Gasteiger partial charge is 0.294 e. The van der Waals surface area contributed by atoms with Crippen LogP contribution in [0.5, 0.6) is 17.2 Å². The number of anilines is 1. The summed E-state index contributed by atoms with van der Waals surface area (Å²) in [6.07, 6.45) is 1.41. The molecule has 0 bridgehead atoms. The summed E-state index contributed by atoms with van der Waals surface area (Å²) in [6.45, 7) is 0. The highest BCUT2D eigenvalue weighted by molar-refractivity contribution is 5.99. The van der Waals surface area contributed by atoms with E-state index in [1.165, 1.54) is 32.2 Å². The number of aromatic nitrogens is 5. The van der Waals surface area contributed by atoms with Crippen molar-refractivity contribution in [3.05, 3.63) is 53.7 Å². The first-order valence-electron chi connectivity index (χ1n) is 9.80. The van der Waals surface area contributed by atoms with Gasteiger partial charge >= 0.3 is 0 Å². The normalized spacial score (nSPS) is 10.9. The lowest BCUT2D eigenvalue weighted by Gasteiger charge is -2.13. The number of carbonyl (C=O) groups is 1. The Morgan fingerprint density at radius 2 is 1.82 bits per heavy atom. The molecule has 0 aliphatic heterocycles. The summed E-state index contributed by atoms with van der Waals surface area (Å²) in [5.41, 5.74) is 9.77. The molecule has 34 heavy (non-hydrogen) atoms. The van der Waals surface area contributed by atoms with E-state index in [0.717, 1.165) is 0 Å². The number of amides is 1. The highest BCUT2D eigenvalue weighted by Gasteiger charge is 2.25. The number of nitrogen functional groups attached to an aromatic ring is 1. The van der Waals surface area contributed by atoms with E-state index < -0.39 is 5.91 Å². The molecule has 4 rings (SSSR count). The van der Waals surface area contributed by atoms with E-state index in [1.807, 2.05) is 6.07 Å². The number of nitrogens with zero attached hydrogens (tertiary/aromatic N) is 6. The molecule has 174 valence electrons. The number of ether oxygens (including phenoxy) is 3. The van der Waals surface area contributed by atoms with Crippen molar-refractivity contribution in [1.82, 2.24) is 30.7 Å². The summed E-state index contributed by atoms with van der Waals surface area (Å²) in [7, 11) is 4.50. The number of carbonyl (C=O) groups excluding carboxylic acids is 1. The lowest BCUT2D eigenvalue weighted by molar-refractivity contribution is 0.0950. The van der Waals surface area contributed by atoms with Gasteiger partial charge in [-0.2, -0.15) is 9.78 Å². The van der Waals surface area contributed by atoms with Crippen molar-refractivity contribution in [2.75, 3.05) is 27.1 Å². The first-order valence-corrected chi connectivity index (χ1v) is 9.80. The summed E-state index contributed by atoms with van der Waals surface area (Å²) in [4.78, 5) is 13.0. The molecule has 13 nitrogen and oxygen atoms in total. The maximum Gasteiger partial charge on any atom is 0.294 e. The van der Waals surface area contributed by atoms with Crippen molar-refractivity contribution >= 4 is 17.9 Å². The van der Waals surface area contributed by atoms with Gasteiger partial charge in [-0.15, -0.1) is 5.10 Å². The second kappa shape index (κ2) is 9.68. The van der Waals surface area contributed by atoms with Gasteiger partial charge in [0, 0.05) is 11.1 Å². The Kier molecular flexibility index (Phi) is 6.34. The lowest BCUT2D eigenvalue weighted by Crippen LogP contribution is -2.19. The summed E-state index contributed by atoms with van der Waals surface area (Å²) in [6, 6.07) is 12.4. The SMILES string of the molecule is COc1ccc(/C=N/NC(=O)c2nnn(-c3nonc3N)c2-c2ccccc2)c(OC)c1OC. The van der Waals surface area contributed by atoms with Crippen LogP contribution in [-0.2, 0) is 0 Å². The molecule has 2 aromatic carbocycles. The zero-order valence-corrected chi connectivity index (χ0v) is 18.4. The average molecular weight is 464 g/mol. The van der Waals surface area contributed by atoms with E-state index in [9.17, 15) is 4.79 Å². The molecule has 0 aliphatic carbocycles. The Morgan fingerprint density at radius 3 is 2.47 bits per heavy atom. The topological polar surface area (TPSA) is 165 Å². The van der Waals surface area contributed by atoms with E-state index in [1.54, 1.807) is 36.4 Å². The summed E-state index contributed by atoms with van der Waals surface area (Å²) in [5, 5.41) is 19.3. The predicted molar refractivity (Wildman–Crippen MR) is 120 cm³/mol. The Hall–Kier alpha value is -4.94. The van der Waals surface area contributed by atoms with Gasteiger partial charge in [0.2, 0.25) is 17.4 Å². The Labute approximate surface area is 193 Å². The number of benzene rings is 2. The van der Waals surface area contributed by atoms with Gasteiger partial charge in [-0.25, -0.2) is 10.1 Å². The van der Waals surface area contributed by atoms with Crippen LogP contribution in [0.4, 0.5) is 5.82 Å². The van der Waals surface area contributed by atoms with Gasteiger partial charge in [0.1, 0.15) is 5.69 Å². The molecule has 0 aliphatic rings. The third-order valence-corrected chi connectivity index (χ3v) is 4.73. The molecule has 1 amide bonds. The van der Waals surface area contributed by atoms with Gasteiger partial charge in [0.15, 0.2) is 17.2 Å². The minimum absolute atomic E-state index is 0.00684. The predicted octanol–water partition coefficient (Wildman–Crippen LogP) is 1.69. The molecule has 0 unspecified atom stereocenters. The van der Waals surface area contributed by atoms with Gasteiger partial charge < -0.3 is 19.9 Å². The fourth-order valence-corrected chi connectivity index (χ4v) is 3.22. The number of nitrogens with one attached hydrogen (secondary N) is 1. The zero-order valence-electron chi connectivity index (χ0n) is 18.4. The van der Waals surface area contributed by atoms with Crippen LogP contribution in [0, 0.1) is 0 Å². The van der Waals surface area contributed by atoms with Crippen LogP contribution < -0.4 is 25.4 Å². The molecule has 4 aromatic rings. The van der Waals surface area contributed by atoms with Crippen molar-refractivity contribution < 1.29 is 23.6 Å². The Morgan fingerprint density at radius 1 is 1.06 bits per heavy atom. The first-order chi connectivity index (χ1) is 16.6. The fourth-order valence-electron chi connectivity index (χ4n) is 3.22. The molecule has 0 fully saturated rings. The number of hydrogen-bond acceptors (Lipinski definition) is 11. The molecule has 2 aromatic heterocycles. The quantitative estimate of drug-likeness (QED) is 0.289. The zero-order chi connectivity index (χ0) is 24.1. The molecule has 3 N–H and O–H groups in total. The Balaban J connectivity index is 1.66. The minimum Gasteiger partial charge on any atom is -0.493 e. The largest absolute Gasteiger partial charge is 0.493 e. The van der Waals surface area contributed by atoms with Crippen molar-refractivity contribution in [3.8, 4) is 34.3 Å². The van der Waals surface area contributed by atoms with E-state index in [0.29, 0.717) is 34.1 Å². The standard InChI is InChI=1S/C21H20N8O5/c1-31-14-10-9-13(17(32-2)18(14)33-3)11-23-25-21(30)15-16(12-7-5-4-6-8-12)29(28-24-15)20-19(22)26-34-27-20/h4-11H,1-3H3,(H2,22,26)(H,25,30)/b23-11+. The maximum absolute atomic E-state index is 13.0. The highest BCUT2D eigenvalue weighted by atomic mass is 16.6. The van der Waals surface area contributed by atoms with Gasteiger partial charge in [-0.05, 0) is 22.4 Å². The van der Waals surface area contributed by atoms with Gasteiger partial charge in [0.25, 0.3) is 5.91 Å². The number of hydrazone groups is 1. The van der Waals surface area contributed by atoms with E-state index in [-0.39, 0.29) is 17.3 Å². The monoisotopic (exact) mass is 464 g/mol. The molecule has 0 spiro atoms. The molecule has 0 radical (unpaired) electrons. The molecular weight excluding hydrogens is 444 g/mol. The Bertz CT molecular complexity index is 1330. The minimum atomic E-state index is -0.615. The summed E-state index contributed by atoms with van der Waals surface area (Å²) < 4.78 is 22.0. The number of methoxy groups -OCH3 is 3. The van der Waals surface area contributed by atoms with Gasteiger partial charge in [0.05, 0.1) is 27.5 Å². The number of rotatable bonds is 8. The van der Waals surface area contributed by atoms with Crippen molar-refractivity contribution in [1.29, 1.82) is 0 Å². The number of nitrogens with two attached hydrogens (primary N) is 1. The van der Waals surface area contributed by atoms with Crippen LogP contribution in [0.3, 0.4) is 0 Å². The van der Waals surface area contributed by atoms with Crippen LogP contribution in [-0.4, -0.2) is 58.8 Å². The third-order valence-electron chi connectivity index (χ3n) is 4.73. The van der Waals surface area contributed by atoms with Crippen LogP contribution in [0.2, 0.25) is 0 Å². The van der Waals surface area contributed by atoms with Crippen molar-refractivity contribution in [2.24, 2.45) is 5.10 Å². The summed E-state index contributed by atoms with van der Waals surface area (Å²) >= 11 is 0. The second-order valence-corrected chi connectivity index (χ2v) is 6.66. The molecular formula is C21H20N8O5. The van der Waals surface area contributed by atoms with Crippen LogP contribution in [0.1, 0.15) is 16.1 Å². The molecule has 2 heterocycles. The van der Waals surface area contributed by atoms with Gasteiger partial charge in [-0.3, -0.25) is 4.79 Å². The average Bonchev–Trinajstić information content (AvgIpc) is 3.49. The van der Waals surface area contributed by atoms with Gasteiger partial charge in [-0.1, -0.05) is 35.5 Å². The third kappa shape index (κ3) is 4.09. The number of hydrogen-bond donors (Lipinski definition) is 2. The van der Waals surface area contributed by atoms with Crippen LogP contribution in [0.25, 0.3) is 17.1 Å². The second-order valence-electron chi connectivity index (χ2n) is 6.66. The van der Waals surface area contributed by atoms with Crippen molar-refractivity contribution in [2.45, 2.75) is 0 Å². The maximum atomic E-state index is 13.0. The van der Waals surface area contributed by atoms with Crippen LogP contribution >= 0.6 is 0 Å². The molecule has 0 saturated carbocycles. The lowest BCUT2D eigenvalue weighted by atomic mass is 10.1. The molecule has 13 heteroatoms. The summed E-state index contributed by atoms with van der Waals surface area (Å²) in [5.74, 6) is 0.761. The van der Waals surface area contributed by atoms with Crippen LogP contribution in [0.15, 0.2) is 52.2 Å². The van der Waals surface area contributed by atoms with E-state index >= 15 is 0 Å². The first kappa shape index (κ1) is 22.3. The van der Waals surface area contributed by atoms with E-state index in [4.69, 9.17) is 19.9 Å². The fraction of sp³-hybridized carbons (Fsp3) is 0.143. The van der Waals surface area contributed by atoms with Crippen molar-refractivity contribution in [3.63, 3.8) is 0 Å². The van der Waals surface area contributed by atoms with E-state index in [2.05, 4.69) is 35.8 Å². The molecule has 0 saturated heterocycles. The molecule has 0 atom stereocenters. The highest BCUT2D eigenvalue weighted by Crippen LogP contribution is 2.39.